The molecule has 2 heterocycles. The second kappa shape index (κ2) is 5.42. The number of hydrogen-bond donors (Lipinski definition) is 2. The first-order valence-electron chi connectivity index (χ1n) is 6.62. The van der Waals surface area contributed by atoms with Gasteiger partial charge in [0.05, 0.1) is 18.2 Å². The number of nitrogens with one attached hydrogen (secondary N) is 2. The molecule has 1 saturated heterocycles. The molecule has 0 bridgehead atoms. The highest BCUT2D eigenvalue weighted by Gasteiger charge is 2.32. The van der Waals surface area contributed by atoms with Crippen molar-refractivity contribution in [1.82, 2.24) is 20.2 Å². The Morgan fingerprint density at radius 3 is 2.79 bits per heavy atom. The molecule has 2 N–H and O–H groups in total. The van der Waals surface area contributed by atoms with Crippen LogP contribution in [0, 0.1) is 5.92 Å². The fourth-order valence-electron chi connectivity index (χ4n) is 1.96. The summed E-state index contributed by atoms with van der Waals surface area (Å²) in [7, 11) is 0. The predicted molar refractivity (Wildman–Crippen MR) is 73.8 cm³/mol. The Labute approximate surface area is 113 Å². The highest BCUT2D eigenvalue weighted by Crippen LogP contribution is 2.19. The van der Waals surface area contributed by atoms with E-state index in [-0.39, 0.29) is 11.9 Å². The first-order chi connectivity index (χ1) is 8.99. The number of carbonyl (C=O) groups is 1. The minimum Gasteiger partial charge on any atom is -0.339 e. The number of imidazole rings is 1. The molecule has 1 aromatic heterocycles. The number of aliphatic imine (C=N–C) groups is 1. The van der Waals surface area contributed by atoms with Crippen LogP contribution in [0.2, 0.25) is 0 Å². The van der Waals surface area contributed by atoms with Gasteiger partial charge in [-0.3, -0.25) is 15.1 Å². The number of guanidine groups is 1. The minimum atomic E-state index is -0.407. The fraction of sp³-hybridized carbons (Fsp3) is 0.615. The van der Waals surface area contributed by atoms with Crippen molar-refractivity contribution < 1.29 is 4.79 Å². The van der Waals surface area contributed by atoms with Crippen LogP contribution in [0.5, 0.6) is 0 Å². The van der Waals surface area contributed by atoms with Gasteiger partial charge in [-0.1, -0.05) is 13.8 Å². The van der Waals surface area contributed by atoms with Crippen molar-refractivity contribution in [3.8, 4) is 0 Å². The van der Waals surface area contributed by atoms with Gasteiger partial charge in [0, 0.05) is 12.6 Å². The van der Waals surface area contributed by atoms with Gasteiger partial charge >= 0.3 is 0 Å². The summed E-state index contributed by atoms with van der Waals surface area (Å²) < 4.78 is 1.99. The Balaban J connectivity index is 2.16. The van der Waals surface area contributed by atoms with Crippen LogP contribution in [-0.2, 0) is 4.79 Å². The first-order valence-corrected chi connectivity index (χ1v) is 6.62. The zero-order valence-electron chi connectivity index (χ0n) is 11.8. The van der Waals surface area contributed by atoms with Crippen LogP contribution in [0.3, 0.4) is 0 Å². The van der Waals surface area contributed by atoms with E-state index in [0.29, 0.717) is 18.4 Å². The fourth-order valence-corrected chi connectivity index (χ4v) is 1.96. The quantitative estimate of drug-likeness (QED) is 0.858. The van der Waals surface area contributed by atoms with Gasteiger partial charge in [-0.05, 0) is 19.8 Å². The average molecular weight is 263 g/mol. The molecule has 0 aromatic carbocycles. The third-order valence-corrected chi connectivity index (χ3v) is 2.95. The Kier molecular flexibility index (Phi) is 3.87. The number of nitrogens with zero attached hydrogens (tertiary/aromatic N) is 3. The topological polar surface area (TPSA) is 71.3 Å². The largest absolute Gasteiger partial charge is 0.339 e. The molecule has 1 aromatic rings. The van der Waals surface area contributed by atoms with Crippen molar-refractivity contribution in [3.63, 3.8) is 0 Å². The molecule has 1 unspecified atom stereocenters. The van der Waals surface area contributed by atoms with Crippen molar-refractivity contribution in [2.75, 3.05) is 6.54 Å². The SMILES string of the molecule is CC(C)CN=C1NC(=O)C(c2cncn2C(C)C)N1. The smallest absolute Gasteiger partial charge is 0.255 e. The van der Waals surface area contributed by atoms with Crippen LogP contribution in [0.4, 0.5) is 0 Å². The number of aromatic nitrogens is 2. The molecule has 104 valence electrons. The summed E-state index contributed by atoms with van der Waals surface area (Å²) in [4.78, 5) is 20.5. The summed E-state index contributed by atoms with van der Waals surface area (Å²) >= 11 is 0. The van der Waals surface area contributed by atoms with E-state index in [1.54, 1.807) is 12.5 Å². The highest BCUT2D eigenvalue weighted by molar-refractivity contribution is 6.06. The van der Waals surface area contributed by atoms with Crippen LogP contribution in [0.15, 0.2) is 17.5 Å². The second-order valence-electron chi connectivity index (χ2n) is 5.47. The molecule has 1 atom stereocenters. The number of amides is 1. The first kappa shape index (κ1) is 13.6. The van der Waals surface area contributed by atoms with Crippen molar-refractivity contribution in [2.45, 2.75) is 39.8 Å². The van der Waals surface area contributed by atoms with E-state index >= 15 is 0 Å². The Morgan fingerprint density at radius 1 is 1.42 bits per heavy atom. The molecule has 0 spiro atoms. The van der Waals surface area contributed by atoms with E-state index in [2.05, 4.69) is 48.3 Å². The predicted octanol–water partition coefficient (Wildman–Crippen LogP) is 1.24. The molecule has 0 radical (unpaired) electrons. The molecule has 0 saturated carbocycles. The van der Waals surface area contributed by atoms with Gasteiger partial charge in [0.2, 0.25) is 0 Å². The lowest BCUT2D eigenvalue weighted by Gasteiger charge is -2.14. The maximum absolute atomic E-state index is 12.0. The third-order valence-electron chi connectivity index (χ3n) is 2.95. The minimum absolute atomic E-state index is 0.0788. The summed E-state index contributed by atoms with van der Waals surface area (Å²) in [5, 5.41) is 5.89. The van der Waals surface area contributed by atoms with Crippen molar-refractivity contribution in [2.24, 2.45) is 10.9 Å². The maximum atomic E-state index is 12.0. The Morgan fingerprint density at radius 2 is 2.16 bits per heavy atom. The summed E-state index contributed by atoms with van der Waals surface area (Å²) in [5.41, 5.74) is 0.863. The summed E-state index contributed by atoms with van der Waals surface area (Å²) in [5.74, 6) is 0.941. The van der Waals surface area contributed by atoms with Crippen molar-refractivity contribution in [1.29, 1.82) is 0 Å². The normalized spacial score (nSPS) is 21.3. The van der Waals surface area contributed by atoms with Gasteiger partial charge in [-0.25, -0.2) is 4.98 Å². The molecule has 1 aliphatic rings. The average Bonchev–Trinajstić information content (AvgIpc) is 2.92. The van der Waals surface area contributed by atoms with Gasteiger partial charge in [-0.15, -0.1) is 0 Å². The lowest BCUT2D eigenvalue weighted by molar-refractivity contribution is -0.120. The van der Waals surface area contributed by atoms with Gasteiger partial charge in [-0.2, -0.15) is 0 Å². The van der Waals surface area contributed by atoms with Crippen LogP contribution in [-0.4, -0.2) is 28.0 Å². The summed E-state index contributed by atoms with van der Waals surface area (Å²) in [6, 6.07) is -0.139. The molecule has 1 amide bonds. The van der Waals surface area contributed by atoms with E-state index in [4.69, 9.17) is 0 Å². The molecule has 1 fully saturated rings. The highest BCUT2D eigenvalue weighted by atomic mass is 16.2. The number of hydrogen-bond acceptors (Lipinski definition) is 3. The maximum Gasteiger partial charge on any atom is 0.255 e. The lowest BCUT2D eigenvalue weighted by Crippen LogP contribution is -2.26. The molecule has 2 rings (SSSR count). The zero-order chi connectivity index (χ0) is 14.0. The molecule has 1 aliphatic heterocycles. The Bertz CT molecular complexity index is 489. The van der Waals surface area contributed by atoms with Gasteiger partial charge in [0.15, 0.2) is 12.0 Å². The van der Waals surface area contributed by atoms with Gasteiger partial charge in [0.1, 0.15) is 0 Å². The van der Waals surface area contributed by atoms with Crippen LogP contribution in [0.1, 0.15) is 45.5 Å². The van der Waals surface area contributed by atoms with E-state index < -0.39 is 6.04 Å². The molecule has 19 heavy (non-hydrogen) atoms. The van der Waals surface area contributed by atoms with Gasteiger partial charge in [0.25, 0.3) is 5.91 Å². The molecule has 0 aliphatic carbocycles. The van der Waals surface area contributed by atoms with Gasteiger partial charge < -0.3 is 9.88 Å². The van der Waals surface area contributed by atoms with Crippen molar-refractivity contribution in [3.05, 3.63) is 18.2 Å². The van der Waals surface area contributed by atoms with E-state index in [0.717, 1.165) is 5.69 Å². The van der Waals surface area contributed by atoms with E-state index in [1.165, 1.54) is 0 Å². The van der Waals surface area contributed by atoms with E-state index in [9.17, 15) is 4.79 Å². The van der Waals surface area contributed by atoms with Crippen LogP contribution >= 0.6 is 0 Å². The summed E-state index contributed by atoms with van der Waals surface area (Å²) in [6.07, 6.45) is 3.47. The zero-order valence-corrected chi connectivity index (χ0v) is 11.8. The Hall–Kier alpha value is -1.85. The third kappa shape index (κ3) is 2.94. The standard InChI is InChI=1S/C13H21N5O/c1-8(2)5-15-13-16-11(12(19)17-13)10-6-14-7-18(10)9(3)4/h6-9,11H,5H2,1-4H3,(H2,15,16,17,19). The molecule has 6 heteroatoms. The molecule has 6 nitrogen and oxygen atoms in total. The molecular formula is C13H21N5O. The van der Waals surface area contributed by atoms with Crippen LogP contribution in [0.25, 0.3) is 0 Å². The molecular weight excluding hydrogens is 242 g/mol. The monoisotopic (exact) mass is 263 g/mol. The summed E-state index contributed by atoms with van der Waals surface area (Å²) in [6.45, 7) is 8.99. The van der Waals surface area contributed by atoms with E-state index in [1.807, 2.05) is 4.57 Å². The lowest BCUT2D eigenvalue weighted by atomic mass is 10.2. The van der Waals surface area contributed by atoms with Crippen LogP contribution < -0.4 is 10.6 Å². The number of carbonyl (C=O) groups excluding carboxylic acids is 1. The van der Waals surface area contributed by atoms with Crippen molar-refractivity contribution >= 4 is 11.9 Å². The second-order valence-corrected chi connectivity index (χ2v) is 5.47. The number of rotatable bonds is 4.